The molecule has 27 heavy (non-hydrogen) atoms. The molecule has 3 aromatic rings. The van der Waals surface area contributed by atoms with Crippen molar-refractivity contribution >= 4 is 34.3 Å². The highest BCUT2D eigenvalue weighted by molar-refractivity contribution is 7.13. The minimum atomic E-state index is -0.444. The third-order valence-corrected chi connectivity index (χ3v) is 6.40. The van der Waals surface area contributed by atoms with E-state index in [2.05, 4.69) is 9.97 Å². The zero-order valence-corrected chi connectivity index (χ0v) is 16.9. The first-order chi connectivity index (χ1) is 12.8. The van der Waals surface area contributed by atoms with Gasteiger partial charge in [0.15, 0.2) is 0 Å². The van der Waals surface area contributed by atoms with Crippen LogP contribution in [-0.4, -0.2) is 32.7 Å². The van der Waals surface area contributed by atoms with Crippen LogP contribution < -0.4 is 0 Å². The summed E-state index contributed by atoms with van der Waals surface area (Å²) in [7, 11) is 1.76. The number of non-ortho nitro benzene ring substituents is 1. The van der Waals surface area contributed by atoms with E-state index in [1.54, 1.807) is 40.8 Å². The number of nitro groups is 1. The van der Waals surface area contributed by atoms with E-state index in [1.807, 2.05) is 20.8 Å². The number of rotatable bonds is 5. The Hall–Kier alpha value is -2.65. The van der Waals surface area contributed by atoms with Gasteiger partial charge in [0.25, 0.3) is 11.6 Å². The molecule has 0 fully saturated rings. The average molecular weight is 403 g/mol. The molecule has 0 radical (unpaired) electrons. The fraction of sp³-hybridized carbons (Fsp3) is 0.278. The fourth-order valence-corrected chi connectivity index (χ4v) is 4.52. The number of benzene rings is 1. The van der Waals surface area contributed by atoms with E-state index in [1.165, 1.54) is 23.5 Å². The van der Waals surface area contributed by atoms with Gasteiger partial charge in [0.2, 0.25) is 0 Å². The van der Waals surface area contributed by atoms with Crippen molar-refractivity contribution in [2.75, 3.05) is 7.05 Å². The van der Waals surface area contributed by atoms with Crippen LogP contribution in [0.25, 0.3) is 10.6 Å². The maximum absolute atomic E-state index is 12.8. The van der Waals surface area contributed by atoms with E-state index in [-0.39, 0.29) is 17.6 Å². The quantitative estimate of drug-likeness (QED) is 0.459. The maximum Gasteiger partial charge on any atom is 0.273 e. The molecule has 0 bridgehead atoms. The van der Waals surface area contributed by atoms with Crippen LogP contribution in [0.15, 0.2) is 29.6 Å². The van der Waals surface area contributed by atoms with Gasteiger partial charge < -0.3 is 4.90 Å². The van der Waals surface area contributed by atoms with Crippen LogP contribution in [0.2, 0.25) is 0 Å². The van der Waals surface area contributed by atoms with Crippen LogP contribution in [-0.2, 0) is 0 Å². The Bertz CT molecular complexity index is 994. The first-order valence-corrected chi connectivity index (χ1v) is 9.89. The number of carbonyl (C=O) groups excluding carboxylic acids is 1. The Kier molecular flexibility index (Phi) is 5.33. The van der Waals surface area contributed by atoms with Gasteiger partial charge in [-0.2, -0.15) is 0 Å². The van der Waals surface area contributed by atoms with Gasteiger partial charge in [-0.3, -0.25) is 14.9 Å². The van der Waals surface area contributed by atoms with E-state index >= 15 is 0 Å². The van der Waals surface area contributed by atoms with Crippen LogP contribution in [0.4, 0.5) is 5.69 Å². The molecule has 0 aliphatic heterocycles. The van der Waals surface area contributed by atoms with Gasteiger partial charge in [-0.25, -0.2) is 9.97 Å². The van der Waals surface area contributed by atoms with Crippen molar-refractivity contribution in [1.29, 1.82) is 0 Å². The average Bonchev–Trinajstić information content (AvgIpc) is 3.26. The van der Waals surface area contributed by atoms with Gasteiger partial charge in [-0.05, 0) is 32.9 Å². The lowest BCUT2D eigenvalue weighted by Gasteiger charge is -2.23. The van der Waals surface area contributed by atoms with Crippen molar-refractivity contribution in [3.05, 3.63) is 61.0 Å². The lowest BCUT2D eigenvalue weighted by Crippen LogP contribution is -2.29. The molecule has 140 valence electrons. The number of hydrogen-bond donors (Lipinski definition) is 0. The lowest BCUT2D eigenvalue weighted by atomic mass is 10.2. The number of aryl methyl sites for hydroxylation is 2. The molecular formula is C18H18N4O3S2. The molecule has 9 heteroatoms. The summed E-state index contributed by atoms with van der Waals surface area (Å²) >= 11 is 2.93. The number of amides is 1. The standard InChI is InChI=1S/C18H18N4O3S2/c1-10-16(27-12(3)19-10)11(2)21(4)18(23)15-9-26-17(20-15)13-5-7-14(8-6-13)22(24)25/h5-9,11H,1-4H3. The molecule has 0 N–H and O–H groups in total. The van der Waals surface area contributed by atoms with Crippen molar-refractivity contribution in [2.24, 2.45) is 0 Å². The minimum absolute atomic E-state index is 0.0235. The minimum Gasteiger partial charge on any atom is -0.333 e. The molecule has 0 spiro atoms. The summed E-state index contributed by atoms with van der Waals surface area (Å²) in [5.74, 6) is -0.169. The molecule has 3 rings (SSSR count). The van der Waals surface area contributed by atoms with Crippen molar-refractivity contribution in [1.82, 2.24) is 14.9 Å². The van der Waals surface area contributed by atoms with Crippen LogP contribution in [0, 0.1) is 24.0 Å². The van der Waals surface area contributed by atoms with E-state index in [9.17, 15) is 14.9 Å². The molecule has 1 aromatic carbocycles. The molecule has 1 atom stereocenters. The molecule has 0 saturated carbocycles. The Morgan fingerprint density at radius 1 is 1.22 bits per heavy atom. The van der Waals surface area contributed by atoms with Gasteiger partial charge in [0.1, 0.15) is 10.7 Å². The Labute approximate surface area is 164 Å². The van der Waals surface area contributed by atoms with Gasteiger partial charge >= 0.3 is 0 Å². The van der Waals surface area contributed by atoms with Crippen LogP contribution in [0.5, 0.6) is 0 Å². The second-order valence-corrected chi connectivity index (χ2v) is 8.21. The van der Waals surface area contributed by atoms with Gasteiger partial charge in [0.05, 0.1) is 21.7 Å². The Morgan fingerprint density at radius 2 is 1.89 bits per heavy atom. The molecular weight excluding hydrogens is 384 g/mol. The molecule has 7 nitrogen and oxygen atoms in total. The van der Waals surface area contributed by atoms with Gasteiger partial charge in [-0.15, -0.1) is 22.7 Å². The maximum atomic E-state index is 12.8. The highest BCUT2D eigenvalue weighted by atomic mass is 32.1. The number of carbonyl (C=O) groups is 1. The lowest BCUT2D eigenvalue weighted by molar-refractivity contribution is -0.384. The second kappa shape index (κ2) is 7.53. The third-order valence-electron chi connectivity index (χ3n) is 4.27. The summed E-state index contributed by atoms with van der Waals surface area (Å²) < 4.78 is 0. The summed E-state index contributed by atoms with van der Waals surface area (Å²) in [5, 5.41) is 14.1. The first-order valence-electron chi connectivity index (χ1n) is 8.19. The number of nitro benzene ring substituents is 1. The van der Waals surface area contributed by atoms with E-state index in [4.69, 9.17) is 0 Å². The number of thiazole rings is 2. The largest absolute Gasteiger partial charge is 0.333 e. The highest BCUT2D eigenvalue weighted by Gasteiger charge is 2.24. The summed E-state index contributed by atoms with van der Waals surface area (Å²) in [5.41, 5.74) is 2.07. The Balaban J connectivity index is 1.79. The van der Waals surface area contributed by atoms with Crippen molar-refractivity contribution in [3.63, 3.8) is 0 Å². The molecule has 0 aliphatic carbocycles. The van der Waals surface area contributed by atoms with Gasteiger partial charge in [-0.1, -0.05) is 0 Å². The molecule has 1 amide bonds. The predicted molar refractivity (Wildman–Crippen MR) is 106 cm³/mol. The van der Waals surface area contributed by atoms with Crippen LogP contribution in [0.1, 0.15) is 39.0 Å². The van der Waals surface area contributed by atoms with Crippen molar-refractivity contribution in [3.8, 4) is 10.6 Å². The molecule has 1 unspecified atom stereocenters. The smallest absolute Gasteiger partial charge is 0.273 e. The van der Waals surface area contributed by atoms with Crippen molar-refractivity contribution in [2.45, 2.75) is 26.8 Å². The van der Waals surface area contributed by atoms with Crippen LogP contribution >= 0.6 is 22.7 Å². The predicted octanol–water partition coefficient (Wildman–Crippen LogP) is 4.62. The number of hydrogen-bond acceptors (Lipinski definition) is 7. The first kappa shape index (κ1) is 19.1. The van der Waals surface area contributed by atoms with E-state index in [0.717, 1.165) is 21.1 Å². The molecule has 0 saturated heterocycles. The van der Waals surface area contributed by atoms with E-state index in [0.29, 0.717) is 10.7 Å². The Morgan fingerprint density at radius 3 is 2.44 bits per heavy atom. The number of nitrogens with zero attached hydrogens (tertiary/aromatic N) is 4. The molecule has 2 aromatic heterocycles. The zero-order valence-electron chi connectivity index (χ0n) is 15.3. The van der Waals surface area contributed by atoms with Crippen molar-refractivity contribution < 1.29 is 9.72 Å². The normalized spacial score (nSPS) is 12.0. The molecule has 0 aliphatic rings. The zero-order chi connectivity index (χ0) is 19.7. The van der Waals surface area contributed by atoms with Crippen LogP contribution in [0.3, 0.4) is 0 Å². The monoisotopic (exact) mass is 402 g/mol. The third kappa shape index (κ3) is 3.88. The second-order valence-electron chi connectivity index (χ2n) is 6.12. The van der Waals surface area contributed by atoms with E-state index < -0.39 is 4.92 Å². The topological polar surface area (TPSA) is 89.2 Å². The summed E-state index contributed by atoms with van der Waals surface area (Å²) in [6, 6.07) is 6.04. The summed E-state index contributed by atoms with van der Waals surface area (Å²) in [4.78, 5) is 34.7. The fourth-order valence-electron chi connectivity index (χ4n) is 2.70. The molecule has 2 heterocycles. The summed E-state index contributed by atoms with van der Waals surface area (Å²) in [6.07, 6.45) is 0. The summed E-state index contributed by atoms with van der Waals surface area (Å²) in [6.45, 7) is 5.87. The SMILES string of the molecule is Cc1nc(C)c(C(C)N(C)C(=O)c2csc(-c3ccc([N+](=O)[O-])cc3)n2)s1. The number of aromatic nitrogens is 2. The van der Waals surface area contributed by atoms with Gasteiger partial charge in [0, 0.05) is 35.0 Å². The highest BCUT2D eigenvalue weighted by Crippen LogP contribution is 2.30.